The predicted octanol–water partition coefficient (Wildman–Crippen LogP) is 2.94. The van der Waals surface area contributed by atoms with Crippen molar-refractivity contribution < 1.29 is 9.31 Å². The first-order valence-corrected chi connectivity index (χ1v) is 6.56. The van der Waals surface area contributed by atoms with Crippen molar-refractivity contribution in [1.82, 2.24) is 5.32 Å². The van der Waals surface area contributed by atoms with Gasteiger partial charge in [0.15, 0.2) is 0 Å². The lowest BCUT2D eigenvalue weighted by atomic mass is 10.1. The van der Waals surface area contributed by atoms with E-state index in [9.17, 15) is 14.5 Å². The van der Waals surface area contributed by atoms with Gasteiger partial charge in [0.2, 0.25) is 0 Å². The topological polar surface area (TPSA) is 67.2 Å². The fourth-order valence-corrected chi connectivity index (χ4v) is 2.34. The second-order valence-corrected chi connectivity index (χ2v) is 4.97. The van der Waals surface area contributed by atoms with Gasteiger partial charge in [-0.2, -0.15) is 0 Å². The van der Waals surface area contributed by atoms with Crippen LogP contribution in [0.15, 0.2) is 12.1 Å². The summed E-state index contributed by atoms with van der Waals surface area (Å²) in [6.07, 6.45) is 2.73. The lowest BCUT2D eigenvalue weighted by Gasteiger charge is -2.17. The number of nitrogens with zero attached hydrogens (tertiary/aromatic N) is 1. The first-order valence-electron chi connectivity index (χ1n) is 6.18. The second kappa shape index (κ2) is 6.16. The molecular formula is C12H15ClFN3O2. The van der Waals surface area contributed by atoms with Gasteiger partial charge in [-0.1, -0.05) is 11.6 Å². The summed E-state index contributed by atoms with van der Waals surface area (Å²) in [5.74, 6) is -0.651. The van der Waals surface area contributed by atoms with Gasteiger partial charge in [-0.25, -0.2) is 4.39 Å². The highest BCUT2D eigenvalue weighted by atomic mass is 35.5. The highest BCUT2D eigenvalue weighted by Gasteiger charge is 2.21. The van der Waals surface area contributed by atoms with Gasteiger partial charge >= 0.3 is 0 Å². The van der Waals surface area contributed by atoms with Crippen LogP contribution in [0.3, 0.4) is 0 Å². The van der Waals surface area contributed by atoms with Crippen LogP contribution in [0.1, 0.15) is 19.3 Å². The smallest absolute Gasteiger partial charge is 0.294 e. The van der Waals surface area contributed by atoms with E-state index in [0.29, 0.717) is 0 Å². The molecule has 0 aromatic heterocycles. The van der Waals surface area contributed by atoms with Gasteiger partial charge in [-0.3, -0.25) is 10.1 Å². The van der Waals surface area contributed by atoms with Crippen molar-refractivity contribution in [3.05, 3.63) is 33.1 Å². The maximum Gasteiger partial charge on any atom is 0.294 e. The van der Waals surface area contributed by atoms with E-state index in [2.05, 4.69) is 10.6 Å². The Balaban J connectivity index is 2.22. The predicted molar refractivity (Wildman–Crippen MR) is 72.2 cm³/mol. The van der Waals surface area contributed by atoms with Crippen molar-refractivity contribution in [2.24, 2.45) is 0 Å². The summed E-state index contributed by atoms with van der Waals surface area (Å²) in [7, 11) is 0. The van der Waals surface area contributed by atoms with E-state index in [0.717, 1.165) is 44.5 Å². The molecule has 1 aliphatic heterocycles. The largest absolute Gasteiger partial charge is 0.377 e. The van der Waals surface area contributed by atoms with E-state index in [1.54, 1.807) is 0 Å². The summed E-state index contributed by atoms with van der Waals surface area (Å²) < 4.78 is 13.5. The third kappa shape index (κ3) is 3.54. The van der Waals surface area contributed by atoms with E-state index in [1.807, 2.05) is 0 Å². The number of rotatable bonds is 3. The summed E-state index contributed by atoms with van der Waals surface area (Å²) in [5, 5.41) is 17.0. The summed E-state index contributed by atoms with van der Waals surface area (Å²) in [4.78, 5) is 10.4. The molecule has 2 N–H and O–H groups in total. The number of halogens is 2. The molecule has 1 unspecified atom stereocenters. The highest BCUT2D eigenvalue weighted by Crippen LogP contribution is 2.31. The van der Waals surface area contributed by atoms with E-state index >= 15 is 0 Å². The molecule has 1 atom stereocenters. The lowest BCUT2D eigenvalue weighted by Crippen LogP contribution is -2.22. The molecule has 0 radical (unpaired) electrons. The van der Waals surface area contributed by atoms with Crippen molar-refractivity contribution in [1.29, 1.82) is 0 Å². The molecule has 1 aromatic rings. The summed E-state index contributed by atoms with van der Waals surface area (Å²) in [6, 6.07) is 2.25. The van der Waals surface area contributed by atoms with Crippen LogP contribution < -0.4 is 10.6 Å². The minimum atomic E-state index is -0.651. The molecule has 0 aliphatic carbocycles. The Bertz CT molecular complexity index is 476. The molecule has 104 valence electrons. The summed E-state index contributed by atoms with van der Waals surface area (Å²) >= 11 is 5.58. The van der Waals surface area contributed by atoms with Crippen molar-refractivity contribution in [2.45, 2.75) is 25.3 Å². The Morgan fingerprint density at radius 2 is 2.21 bits per heavy atom. The van der Waals surface area contributed by atoms with E-state index in [-0.39, 0.29) is 22.4 Å². The van der Waals surface area contributed by atoms with Crippen molar-refractivity contribution >= 4 is 23.0 Å². The molecule has 5 nitrogen and oxygen atoms in total. The summed E-state index contributed by atoms with van der Waals surface area (Å²) in [6.45, 7) is 1.79. The molecule has 0 bridgehead atoms. The molecule has 1 saturated heterocycles. The summed E-state index contributed by atoms with van der Waals surface area (Å²) in [5.41, 5.74) is 0.00223. The Kier molecular flexibility index (Phi) is 4.55. The Labute approximate surface area is 115 Å². The SMILES string of the molecule is O=[N+]([O-])c1cc(Cl)c(F)cc1NC1CCCNCC1. The lowest BCUT2D eigenvalue weighted by molar-refractivity contribution is -0.384. The number of nitrogens with one attached hydrogen (secondary N) is 2. The van der Waals surface area contributed by atoms with Crippen LogP contribution in [-0.4, -0.2) is 24.1 Å². The van der Waals surface area contributed by atoms with Gasteiger partial charge in [0, 0.05) is 18.2 Å². The van der Waals surface area contributed by atoms with Crippen LogP contribution in [0.2, 0.25) is 5.02 Å². The minimum absolute atomic E-state index is 0.106. The molecule has 0 amide bonds. The number of anilines is 1. The number of benzene rings is 1. The van der Waals surface area contributed by atoms with Gasteiger partial charge in [0.1, 0.15) is 11.5 Å². The Morgan fingerprint density at radius 1 is 1.42 bits per heavy atom. The standard InChI is InChI=1S/C12H15ClFN3O2/c13-9-6-12(17(18)19)11(7-10(9)14)16-8-2-1-4-15-5-3-8/h6-8,15-16H,1-5H2. The van der Waals surface area contributed by atoms with Crippen LogP contribution in [-0.2, 0) is 0 Å². The highest BCUT2D eigenvalue weighted by molar-refractivity contribution is 6.31. The second-order valence-electron chi connectivity index (χ2n) is 4.56. The van der Waals surface area contributed by atoms with Gasteiger partial charge in [-0.05, 0) is 32.4 Å². The van der Waals surface area contributed by atoms with Crippen molar-refractivity contribution in [2.75, 3.05) is 18.4 Å². The molecule has 2 rings (SSSR count). The number of hydrogen-bond acceptors (Lipinski definition) is 4. The molecule has 7 heteroatoms. The number of nitro benzene ring substituents is 1. The van der Waals surface area contributed by atoms with E-state index < -0.39 is 10.7 Å². The Morgan fingerprint density at radius 3 is 2.95 bits per heavy atom. The van der Waals surface area contributed by atoms with Crippen molar-refractivity contribution in [3.8, 4) is 0 Å². The third-order valence-electron chi connectivity index (χ3n) is 3.17. The molecule has 0 saturated carbocycles. The quantitative estimate of drug-likeness (QED) is 0.662. The average molecular weight is 288 g/mol. The van der Waals surface area contributed by atoms with E-state index in [1.165, 1.54) is 0 Å². The first kappa shape index (κ1) is 14.0. The fraction of sp³-hybridized carbons (Fsp3) is 0.500. The maximum atomic E-state index is 13.5. The molecule has 1 fully saturated rings. The zero-order chi connectivity index (χ0) is 13.8. The molecule has 1 aromatic carbocycles. The first-order chi connectivity index (χ1) is 9.08. The molecule has 1 aliphatic rings. The maximum absolute atomic E-state index is 13.5. The Hall–Kier alpha value is -1.40. The zero-order valence-corrected chi connectivity index (χ0v) is 11.0. The number of nitro groups is 1. The molecule has 1 heterocycles. The van der Waals surface area contributed by atoms with E-state index in [4.69, 9.17) is 11.6 Å². The van der Waals surface area contributed by atoms with Crippen LogP contribution in [0.5, 0.6) is 0 Å². The van der Waals surface area contributed by atoms with Gasteiger partial charge < -0.3 is 10.6 Å². The van der Waals surface area contributed by atoms with Crippen LogP contribution in [0.4, 0.5) is 15.8 Å². The minimum Gasteiger partial charge on any atom is -0.377 e. The number of hydrogen-bond donors (Lipinski definition) is 2. The zero-order valence-electron chi connectivity index (χ0n) is 10.3. The van der Waals surface area contributed by atoms with Gasteiger partial charge in [0.25, 0.3) is 5.69 Å². The third-order valence-corrected chi connectivity index (χ3v) is 3.46. The molecule has 19 heavy (non-hydrogen) atoms. The molecular weight excluding hydrogens is 273 g/mol. The van der Waals surface area contributed by atoms with Crippen LogP contribution in [0, 0.1) is 15.9 Å². The van der Waals surface area contributed by atoms with Crippen molar-refractivity contribution in [3.63, 3.8) is 0 Å². The monoisotopic (exact) mass is 287 g/mol. The van der Waals surface area contributed by atoms with Gasteiger partial charge in [0.05, 0.1) is 9.95 Å². The van der Waals surface area contributed by atoms with Crippen LogP contribution in [0.25, 0.3) is 0 Å². The fourth-order valence-electron chi connectivity index (χ4n) is 2.19. The normalized spacial score (nSPS) is 19.8. The molecule has 0 spiro atoms. The van der Waals surface area contributed by atoms with Crippen LogP contribution >= 0.6 is 11.6 Å². The van der Waals surface area contributed by atoms with Gasteiger partial charge in [-0.15, -0.1) is 0 Å². The average Bonchev–Trinajstić information content (AvgIpc) is 2.62.